The highest BCUT2D eigenvalue weighted by atomic mass is 16.5. The highest BCUT2D eigenvalue weighted by Gasteiger charge is 2.21. The number of aliphatic hydroxyl groups is 3. The van der Waals surface area contributed by atoms with Crippen molar-refractivity contribution < 1.29 is 25.2 Å². The Morgan fingerprint density at radius 2 is 1.48 bits per heavy atom. The zero-order valence-electron chi connectivity index (χ0n) is 13.3. The van der Waals surface area contributed by atoms with Gasteiger partial charge in [0.1, 0.15) is 0 Å². The summed E-state index contributed by atoms with van der Waals surface area (Å²) in [6, 6.07) is 0. The fraction of sp³-hybridized carbons (Fsp3) is 0.938. The van der Waals surface area contributed by atoms with Gasteiger partial charge in [-0.3, -0.25) is 4.79 Å². The standard InChI is InChI=1S/C16H32O5/c1-2-14(17)10-9-13-16(20,21)12-8-6-4-3-5-7-11-15(18)19/h14,17,20-21H,2-13H2,1H3,(H,18,19). The number of unbranched alkanes of at least 4 members (excludes halogenated alkanes) is 5. The van der Waals surface area contributed by atoms with E-state index in [0.29, 0.717) is 32.1 Å². The first-order valence-corrected chi connectivity index (χ1v) is 8.22. The van der Waals surface area contributed by atoms with Crippen molar-refractivity contribution in [3.63, 3.8) is 0 Å². The van der Waals surface area contributed by atoms with Crippen LogP contribution in [0.3, 0.4) is 0 Å². The van der Waals surface area contributed by atoms with Crippen molar-refractivity contribution in [2.24, 2.45) is 0 Å². The third kappa shape index (κ3) is 14.1. The van der Waals surface area contributed by atoms with E-state index < -0.39 is 11.8 Å². The van der Waals surface area contributed by atoms with Gasteiger partial charge in [-0.1, -0.05) is 32.6 Å². The Bertz CT molecular complexity index is 265. The second-order valence-electron chi connectivity index (χ2n) is 5.95. The predicted octanol–water partition coefficient (Wildman–Crippen LogP) is 2.81. The van der Waals surface area contributed by atoms with Gasteiger partial charge < -0.3 is 20.4 Å². The third-order valence-corrected chi connectivity index (χ3v) is 3.80. The van der Waals surface area contributed by atoms with E-state index in [1.54, 1.807) is 0 Å². The summed E-state index contributed by atoms with van der Waals surface area (Å²) in [7, 11) is 0. The number of carboxylic acid groups (broad SMARTS) is 1. The van der Waals surface area contributed by atoms with Crippen LogP contribution in [0.25, 0.3) is 0 Å². The summed E-state index contributed by atoms with van der Waals surface area (Å²) >= 11 is 0. The van der Waals surface area contributed by atoms with E-state index in [1.165, 1.54) is 0 Å². The van der Waals surface area contributed by atoms with E-state index >= 15 is 0 Å². The summed E-state index contributed by atoms with van der Waals surface area (Å²) in [6.45, 7) is 1.91. The first-order chi connectivity index (χ1) is 9.87. The van der Waals surface area contributed by atoms with Crippen molar-refractivity contribution in [1.29, 1.82) is 0 Å². The average Bonchev–Trinajstić information content (AvgIpc) is 2.41. The fourth-order valence-corrected chi connectivity index (χ4v) is 2.34. The Balaban J connectivity index is 3.46. The van der Waals surface area contributed by atoms with Gasteiger partial charge in [0.05, 0.1) is 6.10 Å². The quantitative estimate of drug-likeness (QED) is 0.292. The molecule has 1 atom stereocenters. The van der Waals surface area contributed by atoms with Crippen LogP contribution in [-0.4, -0.2) is 38.3 Å². The first-order valence-electron chi connectivity index (χ1n) is 8.22. The van der Waals surface area contributed by atoms with Crippen LogP contribution in [0.1, 0.15) is 84.0 Å². The monoisotopic (exact) mass is 304 g/mol. The highest BCUT2D eigenvalue weighted by Crippen LogP contribution is 2.20. The Hall–Kier alpha value is -0.650. The van der Waals surface area contributed by atoms with Gasteiger partial charge in [-0.25, -0.2) is 0 Å². The SMILES string of the molecule is CCC(O)CCCC(O)(O)CCCCCCCCC(=O)O. The number of hydrogen-bond acceptors (Lipinski definition) is 4. The van der Waals surface area contributed by atoms with E-state index in [0.717, 1.165) is 38.5 Å². The minimum Gasteiger partial charge on any atom is -0.481 e. The van der Waals surface area contributed by atoms with Gasteiger partial charge in [-0.15, -0.1) is 0 Å². The van der Waals surface area contributed by atoms with Crippen molar-refractivity contribution in [2.45, 2.75) is 95.9 Å². The van der Waals surface area contributed by atoms with Crippen molar-refractivity contribution in [3.8, 4) is 0 Å². The Morgan fingerprint density at radius 3 is 2.05 bits per heavy atom. The summed E-state index contributed by atoms with van der Waals surface area (Å²) in [5, 5.41) is 37.5. The summed E-state index contributed by atoms with van der Waals surface area (Å²) in [6.07, 6.45) is 7.86. The summed E-state index contributed by atoms with van der Waals surface area (Å²) in [5.41, 5.74) is 0. The van der Waals surface area contributed by atoms with Crippen LogP contribution in [0.15, 0.2) is 0 Å². The van der Waals surface area contributed by atoms with Gasteiger partial charge in [-0.05, 0) is 32.1 Å². The van der Waals surface area contributed by atoms with E-state index in [-0.39, 0.29) is 12.5 Å². The molecule has 0 bridgehead atoms. The maximum absolute atomic E-state index is 10.3. The lowest BCUT2D eigenvalue weighted by Gasteiger charge is -2.22. The summed E-state index contributed by atoms with van der Waals surface area (Å²) in [4.78, 5) is 10.3. The molecule has 0 aliphatic carbocycles. The molecule has 0 radical (unpaired) electrons. The van der Waals surface area contributed by atoms with Crippen molar-refractivity contribution in [2.75, 3.05) is 0 Å². The number of aliphatic carboxylic acids is 1. The summed E-state index contributed by atoms with van der Waals surface area (Å²) in [5.74, 6) is -2.36. The van der Waals surface area contributed by atoms with Crippen LogP contribution in [0, 0.1) is 0 Å². The largest absolute Gasteiger partial charge is 0.481 e. The van der Waals surface area contributed by atoms with Gasteiger partial charge in [0.2, 0.25) is 0 Å². The molecule has 4 N–H and O–H groups in total. The molecule has 0 aliphatic rings. The van der Waals surface area contributed by atoms with Crippen LogP contribution in [-0.2, 0) is 4.79 Å². The molecule has 0 saturated carbocycles. The lowest BCUT2D eigenvalue weighted by Crippen LogP contribution is -2.28. The smallest absolute Gasteiger partial charge is 0.303 e. The molecular weight excluding hydrogens is 272 g/mol. The van der Waals surface area contributed by atoms with E-state index in [2.05, 4.69) is 0 Å². The molecule has 0 amide bonds. The van der Waals surface area contributed by atoms with Crippen molar-refractivity contribution >= 4 is 5.97 Å². The molecule has 0 rings (SSSR count). The molecule has 21 heavy (non-hydrogen) atoms. The molecule has 0 heterocycles. The molecule has 0 spiro atoms. The Kier molecular flexibility index (Phi) is 11.6. The zero-order chi connectivity index (χ0) is 16.1. The van der Waals surface area contributed by atoms with Crippen molar-refractivity contribution in [1.82, 2.24) is 0 Å². The minimum absolute atomic E-state index is 0.236. The summed E-state index contributed by atoms with van der Waals surface area (Å²) < 4.78 is 0. The lowest BCUT2D eigenvalue weighted by atomic mass is 9.99. The van der Waals surface area contributed by atoms with Crippen LogP contribution < -0.4 is 0 Å². The van der Waals surface area contributed by atoms with Gasteiger partial charge in [0.15, 0.2) is 5.79 Å². The number of carboxylic acids is 1. The van der Waals surface area contributed by atoms with Crippen LogP contribution >= 0.6 is 0 Å². The maximum Gasteiger partial charge on any atom is 0.303 e. The number of carbonyl (C=O) groups is 1. The first kappa shape index (κ1) is 20.3. The minimum atomic E-state index is -1.61. The zero-order valence-corrected chi connectivity index (χ0v) is 13.3. The molecule has 5 nitrogen and oxygen atoms in total. The van der Waals surface area contributed by atoms with Gasteiger partial charge in [-0.2, -0.15) is 0 Å². The fourth-order valence-electron chi connectivity index (χ4n) is 2.34. The van der Waals surface area contributed by atoms with Gasteiger partial charge >= 0.3 is 5.97 Å². The normalized spacial score (nSPS) is 13.3. The second-order valence-corrected chi connectivity index (χ2v) is 5.95. The average molecular weight is 304 g/mol. The van der Waals surface area contributed by atoms with Crippen LogP contribution in [0.5, 0.6) is 0 Å². The molecular formula is C16H32O5. The lowest BCUT2D eigenvalue weighted by molar-refractivity contribution is -0.172. The van der Waals surface area contributed by atoms with Crippen molar-refractivity contribution in [3.05, 3.63) is 0 Å². The number of rotatable bonds is 14. The Labute approximate surface area is 128 Å². The molecule has 0 aromatic heterocycles. The van der Waals surface area contributed by atoms with E-state index in [1.807, 2.05) is 6.92 Å². The number of hydrogen-bond donors (Lipinski definition) is 4. The molecule has 126 valence electrons. The van der Waals surface area contributed by atoms with Gasteiger partial charge in [0.25, 0.3) is 0 Å². The van der Waals surface area contributed by atoms with E-state index in [9.17, 15) is 20.1 Å². The van der Waals surface area contributed by atoms with Crippen LogP contribution in [0.2, 0.25) is 0 Å². The third-order valence-electron chi connectivity index (χ3n) is 3.80. The molecule has 5 heteroatoms. The van der Waals surface area contributed by atoms with Gasteiger partial charge in [0, 0.05) is 19.3 Å². The van der Waals surface area contributed by atoms with E-state index in [4.69, 9.17) is 5.11 Å². The molecule has 1 unspecified atom stereocenters. The molecule has 0 fully saturated rings. The topological polar surface area (TPSA) is 98.0 Å². The molecule has 0 aromatic carbocycles. The highest BCUT2D eigenvalue weighted by molar-refractivity contribution is 5.66. The Morgan fingerprint density at radius 1 is 0.952 bits per heavy atom. The predicted molar refractivity (Wildman–Crippen MR) is 81.9 cm³/mol. The van der Waals surface area contributed by atoms with Crippen LogP contribution in [0.4, 0.5) is 0 Å². The second kappa shape index (κ2) is 12.0. The maximum atomic E-state index is 10.3. The molecule has 0 aromatic rings. The molecule has 0 aliphatic heterocycles. The molecule has 0 saturated heterocycles. The number of aliphatic hydroxyl groups excluding tert-OH is 1.